The molecule has 1 aromatic heterocycles. The van der Waals surface area contributed by atoms with Gasteiger partial charge in [-0.25, -0.2) is 8.78 Å². The van der Waals surface area contributed by atoms with Gasteiger partial charge in [0.2, 0.25) is 5.91 Å². The predicted octanol–water partition coefficient (Wildman–Crippen LogP) is 1.36. The van der Waals surface area contributed by atoms with Gasteiger partial charge in [0.25, 0.3) is 0 Å². The average Bonchev–Trinajstić information content (AvgIpc) is 2.88. The lowest BCUT2D eigenvalue weighted by atomic mass is 10.3. The minimum Gasteiger partial charge on any atom is -0.349 e. The molecule has 0 aliphatic carbocycles. The Hall–Kier alpha value is -2.38. The summed E-state index contributed by atoms with van der Waals surface area (Å²) in [6.45, 7) is 2.01. The van der Waals surface area contributed by atoms with Gasteiger partial charge in [-0.2, -0.15) is 4.68 Å². The van der Waals surface area contributed by atoms with Crippen LogP contribution in [-0.4, -0.2) is 26.1 Å². The second-order valence-corrected chi connectivity index (χ2v) is 4.13. The van der Waals surface area contributed by atoms with Gasteiger partial charge in [-0.15, -0.1) is 5.10 Å². The van der Waals surface area contributed by atoms with Crippen molar-refractivity contribution in [3.05, 3.63) is 35.7 Å². The molecule has 6 nitrogen and oxygen atoms in total. The third-order valence-corrected chi connectivity index (χ3v) is 2.60. The van der Waals surface area contributed by atoms with E-state index in [-0.39, 0.29) is 18.1 Å². The Labute approximate surface area is 113 Å². The Morgan fingerprint density at radius 3 is 2.85 bits per heavy atom. The smallest absolute Gasteiger partial charge is 0.220 e. The molecule has 0 saturated carbocycles. The Morgan fingerprint density at radius 1 is 1.35 bits per heavy atom. The van der Waals surface area contributed by atoms with Crippen LogP contribution in [0.1, 0.15) is 25.6 Å². The molecule has 0 spiro atoms. The van der Waals surface area contributed by atoms with Crippen molar-refractivity contribution in [3.63, 3.8) is 0 Å². The van der Waals surface area contributed by atoms with E-state index in [1.54, 1.807) is 0 Å². The standard InChI is InChI=1S/C12H13F2N5O/c1-2-3-12(20)15-7-11-16-17-18-19(11)8-4-5-9(13)10(14)6-8/h4-6H,2-3,7H2,1H3,(H,15,20). The van der Waals surface area contributed by atoms with Gasteiger partial charge < -0.3 is 5.32 Å². The van der Waals surface area contributed by atoms with Gasteiger partial charge in [0, 0.05) is 12.5 Å². The molecule has 0 saturated heterocycles. The lowest BCUT2D eigenvalue weighted by Gasteiger charge is -2.06. The van der Waals surface area contributed by atoms with Crippen LogP contribution in [0.2, 0.25) is 0 Å². The van der Waals surface area contributed by atoms with Crippen molar-refractivity contribution in [2.45, 2.75) is 26.3 Å². The predicted molar refractivity (Wildman–Crippen MR) is 65.8 cm³/mol. The molecule has 0 unspecified atom stereocenters. The normalized spacial score (nSPS) is 10.6. The van der Waals surface area contributed by atoms with Crippen LogP contribution in [0.25, 0.3) is 5.69 Å². The van der Waals surface area contributed by atoms with E-state index >= 15 is 0 Å². The maximum absolute atomic E-state index is 13.2. The summed E-state index contributed by atoms with van der Waals surface area (Å²) in [5, 5.41) is 13.6. The highest BCUT2D eigenvalue weighted by atomic mass is 19.2. The molecular weight excluding hydrogens is 268 g/mol. The van der Waals surface area contributed by atoms with E-state index in [0.717, 1.165) is 18.6 Å². The number of tetrazole rings is 1. The van der Waals surface area contributed by atoms with Crippen LogP contribution in [-0.2, 0) is 11.3 Å². The monoisotopic (exact) mass is 281 g/mol. The van der Waals surface area contributed by atoms with Crippen LogP contribution in [0, 0.1) is 11.6 Å². The molecular formula is C12H13F2N5O. The molecule has 1 N–H and O–H groups in total. The maximum atomic E-state index is 13.2. The number of nitrogens with one attached hydrogen (secondary N) is 1. The Kier molecular flexibility index (Phi) is 4.34. The van der Waals surface area contributed by atoms with Crippen LogP contribution >= 0.6 is 0 Å². The van der Waals surface area contributed by atoms with E-state index in [1.165, 1.54) is 10.7 Å². The average molecular weight is 281 g/mol. The van der Waals surface area contributed by atoms with E-state index in [2.05, 4.69) is 20.8 Å². The fraction of sp³-hybridized carbons (Fsp3) is 0.333. The van der Waals surface area contributed by atoms with Gasteiger partial charge in [-0.3, -0.25) is 4.79 Å². The zero-order chi connectivity index (χ0) is 14.5. The van der Waals surface area contributed by atoms with Gasteiger partial charge in [-0.1, -0.05) is 6.92 Å². The highest BCUT2D eigenvalue weighted by Gasteiger charge is 2.11. The van der Waals surface area contributed by atoms with E-state index in [9.17, 15) is 13.6 Å². The van der Waals surface area contributed by atoms with Crippen LogP contribution in [0.3, 0.4) is 0 Å². The summed E-state index contributed by atoms with van der Waals surface area (Å²) < 4.78 is 27.3. The fourth-order valence-electron chi connectivity index (χ4n) is 1.63. The van der Waals surface area contributed by atoms with Crippen LogP contribution in [0.5, 0.6) is 0 Å². The minimum atomic E-state index is -0.987. The molecule has 0 atom stereocenters. The Morgan fingerprint density at radius 2 is 2.15 bits per heavy atom. The van der Waals surface area contributed by atoms with E-state index in [4.69, 9.17) is 0 Å². The quantitative estimate of drug-likeness (QED) is 0.898. The van der Waals surface area contributed by atoms with Crippen molar-refractivity contribution < 1.29 is 13.6 Å². The third kappa shape index (κ3) is 3.14. The van der Waals surface area contributed by atoms with E-state index in [0.29, 0.717) is 12.2 Å². The lowest BCUT2D eigenvalue weighted by Crippen LogP contribution is -2.24. The van der Waals surface area contributed by atoms with E-state index < -0.39 is 11.6 Å². The van der Waals surface area contributed by atoms with E-state index in [1.807, 2.05) is 6.92 Å². The number of carbonyl (C=O) groups is 1. The minimum absolute atomic E-state index is 0.116. The van der Waals surface area contributed by atoms with Gasteiger partial charge in [0.15, 0.2) is 17.5 Å². The first kappa shape index (κ1) is 14.0. The molecule has 0 aliphatic rings. The first-order valence-electron chi connectivity index (χ1n) is 6.11. The van der Waals surface area contributed by atoms with Crippen molar-refractivity contribution in [1.82, 2.24) is 25.5 Å². The molecule has 2 aromatic rings. The molecule has 8 heteroatoms. The number of nitrogens with zero attached hydrogens (tertiary/aromatic N) is 4. The van der Waals surface area contributed by atoms with Crippen molar-refractivity contribution in [2.75, 3.05) is 0 Å². The number of aromatic nitrogens is 4. The number of benzene rings is 1. The van der Waals surface area contributed by atoms with Gasteiger partial charge in [-0.05, 0) is 29.0 Å². The Bertz CT molecular complexity index is 614. The molecule has 0 bridgehead atoms. The highest BCUT2D eigenvalue weighted by Crippen LogP contribution is 2.13. The number of carbonyl (C=O) groups excluding carboxylic acids is 1. The number of amides is 1. The molecule has 0 aliphatic heterocycles. The zero-order valence-corrected chi connectivity index (χ0v) is 10.8. The van der Waals surface area contributed by atoms with Crippen LogP contribution in [0.4, 0.5) is 8.78 Å². The number of halogens is 2. The molecule has 1 amide bonds. The second-order valence-electron chi connectivity index (χ2n) is 4.13. The van der Waals surface area contributed by atoms with Gasteiger partial charge in [0.05, 0.1) is 12.2 Å². The van der Waals surface area contributed by atoms with Crippen LogP contribution < -0.4 is 5.32 Å². The molecule has 1 aromatic carbocycles. The summed E-state index contributed by atoms with van der Waals surface area (Å²) in [6.07, 6.45) is 1.15. The van der Waals surface area contributed by atoms with Crippen molar-refractivity contribution in [3.8, 4) is 5.69 Å². The fourth-order valence-corrected chi connectivity index (χ4v) is 1.63. The van der Waals surface area contributed by atoms with Crippen molar-refractivity contribution >= 4 is 5.91 Å². The number of rotatable bonds is 5. The summed E-state index contributed by atoms with van der Waals surface area (Å²) in [5.74, 6) is -1.72. The molecule has 0 radical (unpaired) electrons. The summed E-state index contributed by atoms with van der Waals surface area (Å²) in [4.78, 5) is 11.4. The van der Waals surface area contributed by atoms with Crippen molar-refractivity contribution in [1.29, 1.82) is 0 Å². The first-order chi connectivity index (χ1) is 9.61. The topological polar surface area (TPSA) is 72.7 Å². The summed E-state index contributed by atoms with van der Waals surface area (Å²) in [5.41, 5.74) is 0.286. The molecule has 2 rings (SSSR count). The van der Waals surface area contributed by atoms with Crippen molar-refractivity contribution in [2.24, 2.45) is 0 Å². The summed E-state index contributed by atoms with van der Waals surface area (Å²) >= 11 is 0. The van der Waals surface area contributed by atoms with Gasteiger partial charge >= 0.3 is 0 Å². The number of hydrogen-bond donors (Lipinski definition) is 1. The molecule has 1 heterocycles. The summed E-state index contributed by atoms with van der Waals surface area (Å²) in [6, 6.07) is 3.33. The SMILES string of the molecule is CCCC(=O)NCc1nnnn1-c1ccc(F)c(F)c1. The Balaban J connectivity index is 2.15. The zero-order valence-electron chi connectivity index (χ0n) is 10.8. The molecule has 106 valence electrons. The molecule has 20 heavy (non-hydrogen) atoms. The van der Waals surface area contributed by atoms with Crippen LogP contribution in [0.15, 0.2) is 18.2 Å². The number of hydrogen-bond acceptors (Lipinski definition) is 4. The summed E-state index contributed by atoms with van der Waals surface area (Å²) in [7, 11) is 0. The second kappa shape index (κ2) is 6.18. The first-order valence-corrected chi connectivity index (χ1v) is 6.11. The lowest BCUT2D eigenvalue weighted by molar-refractivity contribution is -0.121. The third-order valence-electron chi connectivity index (χ3n) is 2.60. The largest absolute Gasteiger partial charge is 0.349 e. The maximum Gasteiger partial charge on any atom is 0.220 e. The highest BCUT2D eigenvalue weighted by molar-refractivity contribution is 5.75. The molecule has 0 fully saturated rings. The van der Waals surface area contributed by atoms with Gasteiger partial charge in [0.1, 0.15) is 0 Å².